The molecule has 1 aliphatic rings. The third-order valence-corrected chi connectivity index (χ3v) is 6.20. The Balaban J connectivity index is 1.34. The molecule has 3 nitrogen and oxygen atoms in total. The molecule has 1 N–H and O–H groups in total. The molecule has 1 saturated carbocycles. The number of rotatable bonds is 6. The van der Waals surface area contributed by atoms with Crippen LogP contribution in [0.2, 0.25) is 0 Å². The first-order valence-corrected chi connectivity index (χ1v) is 10.6. The Kier molecular flexibility index (Phi) is 4.88. The fourth-order valence-electron chi connectivity index (χ4n) is 4.37. The van der Waals surface area contributed by atoms with E-state index < -0.39 is 0 Å². The highest BCUT2D eigenvalue weighted by Gasteiger charge is 2.42. The molecule has 1 fully saturated rings. The Bertz CT molecular complexity index is 1120. The van der Waals surface area contributed by atoms with Gasteiger partial charge in [-0.1, -0.05) is 90.1 Å². The molecular formula is C27H26N2O. The van der Waals surface area contributed by atoms with E-state index in [4.69, 9.17) is 4.52 Å². The number of anilines is 1. The molecule has 0 aliphatic heterocycles. The summed E-state index contributed by atoms with van der Waals surface area (Å²) < 4.78 is 5.73. The highest BCUT2D eigenvalue weighted by atomic mass is 16.5. The molecule has 1 heterocycles. The maximum absolute atomic E-state index is 5.73. The van der Waals surface area contributed by atoms with E-state index in [-0.39, 0.29) is 0 Å². The van der Waals surface area contributed by atoms with Crippen molar-refractivity contribution in [1.29, 1.82) is 0 Å². The van der Waals surface area contributed by atoms with Crippen molar-refractivity contribution in [3.8, 4) is 22.5 Å². The summed E-state index contributed by atoms with van der Waals surface area (Å²) in [5.41, 5.74) is 6.80. The molecule has 3 aromatic carbocycles. The van der Waals surface area contributed by atoms with Gasteiger partial charge in [-0.2, -0.15) is 0 Å². The third-order valence-electron chi connectivity index (χ3n) is 6.20. The zero-order chi connectivity index (χ0) is 20.5. The molecule has 0 radical (unpaired) electrons. The van der Waals surface area contributed by atoms with Crippen molar-refractivity contribution in [2.45, 2.75) is 32.2 Å². The minimum absolute atomic E-state index is 0.357. The molecule has 0 saturated heterocycles. The van der Waals surface area contributed by atoms with E-state index in [1.165, 1.54) is 23.1 Å². The second-order valence-corrected chi connectivity index (χ2v) is 8.27. The molecule has 1 aromatic heterocycles. The lowest BCUT2D eigenvalue weighted by Crippen LogP contribution is -2.19. The highest BCUT2D eigenvalue weighted by molar-refractivity contribution is 5.76. The van der Waals surface area contributed by atoms with Crippen molar-refractivity contribution in [3.63, 3.8) is 0 Å². The lowest BCUT2D eigenvalue weighted by molar-refractivity contribution is 0.427. The van der Waals surface area contributed by atoms with Crippen LogP contribution < -0.4 is 5.32 Å². The zero-order valence-electron chi connectivity index (χ0n) is 17.4. The third kappa shape index (κ3) is 3.63. The summed E-state index contributed by atoms with van der Waals surface area (Å²) in [6.07, 6.45) is 1.23. The fourth-order valence-corrected chi connectivity index (χ4v) is 4.37. The van der Waals surface area contributed by atoms with Gasteiger partial charge >= 0.3 is 0 Å². The summed E-state index contributed by atoms with van der Waals surface area (Å²) in [5, 5.41) is 7.96. The van der Waals surface area contributed by atoms with Gasteiger partial charge in [-0.25, -0.2) is 0 Å². The molecule has 0 spiro atoms. The van der Waals surface area contributed by atoms with Crippen molar-refractivity contribution < 1.29 is 4.52 Å². The maximum Gasteiger partial charge on any atom is 0.190 e. The molecule has 3 heteroatoms. The minimum Gasteiger partial charge on any atom is -0.378 e. The fraction of sp³-hybridized carbons (Fsp3) is 0.222. The predicted octanol–water partition coefficient (Wildman–Crippen LogP) is 6.92. The van der Waals surface area contributed by atoms with Gasteiger partial charge in [-0.05, 0) is 48.8 Å². The predicted molar refractivity (Wildman–Crippen MR) is 122 cm³/mol. The SMILES string of the molecule is Cc1noc(-c2ccc(-c3ccccc3)cc2)c1NC(C)[C@@H]1C[C@H]1c1ccccc1. The van der Waals surface area contributed by atoms with Gasteiger partial charge in [0.25, 0.3) is 0 Å². The van der Waals surface area contributed by atoms with Gasteiger partial charge in [-0.3, -0.25) is 0 Å². The molecule has 0 bridgehead atoms. The van der Waals surface area contributed by atoms with Crippen LogP contribution in [-0.4, -0.2) is 11.2 Å². The van der Waals surface area contributed by atoms with Gasteiger partial charge in [0.2, 0.25) is 0 Å². The average Bonchev–Trinajstić information content (AvgIpc) is 3.53. The molecule has 0 amide bonds. The van der Waals surface area contributed by atoms with Crippen molar-refractivity contribution in [1.82, 2.24) is 5.16 Å². The summed E-state index contributed by atoms with van der Waals surface area (Å²) in [6, 6.07) is 30.1. The summed E-state index contributed by atoms with van der Waals surface area (Å²) in [5.74, 6) is 2.09. The van der Waals surface area contributed by atoms with E-state index in [1.54, 1.807) is 0 Å². The van der Waals surface area contributed by atoms with Gasteiger partial charge in [0.15, 0.2) is 5.76 Å². The number of hydrogen-bond acceptors (Lipinski definition) is 3. The second kappa shape index (κ2) is 7.83. The van der Waals surface area contributed by atoms with Gasteiger partial charge in [-0.15, -0.1) is 0 Å². The van der Waals surface area contributed by atoms with Crippen molar-refractivity contribution in [3.05, 3.63) is 96.2 Å². The van der Waals surface area contributed by atoms with Crippen LogP contribution in [-0.2, 0) is 0 Å². The Morgan fingerprint density at radius 1 is 0.833 bits per heavy atom. The van der Waals surface area contributed by atoms with E-state index in [2.05, 4.69) is 96.3 Å². The Labute approximate surface area is 177 Å². The summed E-state index contributed by atoms with van der Waals surface area (Å²) in [7, 11) is 0. The number of nitrogens with one attached hydrogen (secondary N) is 1. The summed E-state index contributed by atoms with van der Waals surface area (Å²) >= 11 is 0. The first kappa shape index (κ1) is 18.7. The van der Waals surface area contributed by atoms with Crippen molar-refractivity contribution in [2.75, 3.05) is 5.32 Å². The highest BCUT2D eigenvalue weighted by Crippen LogP contribution is 2.50. The second-order valence-electron chi connectivity index (χ2n) is 8.27. The Morgan fingerprint density at radius 2 is 1.43 bits per heavy atom. The van der Waals surface area contributed by atoms with Gasteiger partial charge < -0.3 is 9.84 Å². The summed E-state index contributed by atoms with van der Waals surface area (Å²) in [4.78, 5) is 0. The van der Waals surface area contributed by atoms with E-state index >= 15 is 0 Å². The number of benzene rings is 3. The van der Waals surface area contributed by atoms with Gasteiger partial charge in [0.05, 0.1) is 0 Å². The first-order valence-electron chi connectivity index (χ1n) is 10.6. The summed E-state index contributed by atoms with van der Waals surface area (Å²) in [6.45, 7) is 4.27. The lowest BCUT2D eigenvalue weighted by Gasteiger charge is -2.16. The van der Waals surface area contributed by atoms with E-state index in [9.17, 15) is 0 Å². The number of nitrogens with zero attached hydrogens (tertiary/aromatic N) is 1. The molecule has 4 aromatic rings. The molecular weight excluding hydrogens is 368 g/mol. The van der Waals surface area contributed by atoms with Crippen LogP contribution in [0.15, 0.2) is 89.5 Å². The molecule has 5 rings (SSSR count). The van der Waals surface area contributed by atoms with Crippen LogP contribution in [0, 0.1) is 12.8 Å². The standard InChI is InChI=1S/C27H26N2O/c1-18(24-17-25(24)22-11-7-4-8-12-22)28-26-19(2)29-30-27(26)23-15-13-21(14-16-23)20-9-5-3-6-10-20/h3-16,18,24-25,28H,17H2,1-2H3/t18?,24-,25-/m0/s1. The minimum atomic E-state index is 0.357. The lowest BCUT2D eigenvalue weighted by atomic mass is 10.0. The smallest absolute Gasteiger partial charge is 0.190 e. The number of aromatic nitrogens is 1. The zero-order valence-corrected chi connectivity index (χ0v) is 17.4. The van der Waals surface area contributed by atoms with E-state index in [0.29, 0.717) is 17.9 Å². The van der Waals surface area contributed by atoms with Crippen LogP contribution in [0.4, 0.5) is 5.69 Å². The average molecular weight is 395 g/mol. The van der Waals surface area contributed by atoms with Crippen molar-refractivity contribution >= 4 is 5.69 Å². The molecule has 3 atom stereocenters. The van der Waals surface area contributed by atoms with Crippen LogP contribution in [0.3, 0.4) is 0 Å². The topological polar surface area (TPSA) is 38.1 Å². The Morgan fingerprint density at radius 3 is 2.13 bits per heavy atom. The van der Waals surface area contributed by atoms with Crippen LogP contribution >= 0.6 is 0 Å². The van der Waals surface area contributed by atoms with Crippen LogP contribution in [0.5, 0.6) is 0 Å². The normalized spacial score (nSPS) is 18.7. The van der Waals surface area contributed by atoms with Crippen LogP contribution in [0.1, 0.15) is 30.5 Å². The molecule has 30 heavy (non-hydrogen) atoms. The monoisotopic (exact) mass is 394 g/mol. The van der Waals surface area contributed by atoms with Gasteiger partial charge in [0.1, 0.15) is 11.4 Å². The molecule has 1 unspecified atom stereocenters. The van der Waals surface area contributed by atoms with Crippen LogP contribution in [0.25, 0.3) is 22.5 Å². The quantitative estimate of drug-likeness (QED) is 0.386. The number of aryl methyl sites for hydroxylation is 1. The van der Waals surface area contributed by atoms with E-state index in [0.717, 1.165) is 22.7 Å². The number of hydrogen-bond donors (Lipinski definition) is 1. The van der Waals surface area contributed by atoms with Gasteiger partial charge in [0, 0.05) is 11.6 Å². The Hall–Kier alpha value is -3.33. The first-order chi connectivity index (χ1) is 14.7. The van der Waals surface area contributed by atoms with Crippen molar-refractivity contribution in [2.24, 2.45) is 5.92 Å². The largest absolute Gasteiger partial charge is 0.378 e. The maximum atomic E-state index is 5.73. The molecule has 1 aliphatic carbocycles. The molecule has 150 valence electrons. The van der Waals surface area contributed by atoms with E-state index in [1.807, 2.05) is 13.0 Å².